The number of piperidine rings is 1. The van der Waals surface area contributed by atoms with Crippen molar-refractivity contribution in [1.82, 2.24) is 10.3 Å². The zero-order valence-corrected chi connectivity index (χ0v) is 7.82. The van der Waals surface area contributed by atoms with Crippen molar-refractivity contribution >= 4 is 11.8 Å². The largest absolute Gasteiger partial charge is 0.428 e. The summed E-state index contributed by atoms with van der Waals surface area (Å²) in [6.07, 6.45) is 5.91. The van der Waals surface area contributed by atoms with Crippen molar-refractivity contribution < 1.29 is 9.21 Å². The molecule has 1 aliphatic rings. The van der Waals surface area contributed by atoms with Gasteiger partial charge in [0, 0.05) is 0 Å². The van der Waals surface area contributed by atoms with Crippen LogP contribution in [0.1, 0.15) is 19.3 Å². The minimum atomic E-state index is -0.0890. The Morgan fingerprint density at radius 3 is 3.21 bits per heavy atom. The van der Waals surface area contributed by atoms with Crippen LogP contribution >= 0.6 is 0 Å². The molecule has 0 saturated carbocycles. The average molecular weight is 195 g/mol. The molecule has 1 saturated heterocycles. The van der Waals surface area contributed by atoms with Crippen molar-refractivity contribution in [2.75, 3.05) is 11.9 Å². The Kier molecular flexibility index (Phi) is 2.78. The molecule has 1 aromatic heterocycles. The molecule has 5 heteroatoms. The first-order valence-corrected chi connectivity index (χ1v) is 4.79. The molecule has 2 heterocycles. The highest BCUT2D eigenvalue weighted by molar-refractivity contribution is 5.93. The zero-order valence-electron chi connectivity index (χ0n) is 7.82. The summed E-state index contributed by atoms with van der Waals surface area (Å²) >= 11 is 0. The molecule has 0 bridgehead atoms. The maximum atomic E-state index is 11.6. The Morgan fingerprint density at radius 1 is 1.64 bits per heavy atom. The third kappa shape index (κ3) is 2.11. The molecule has 1 unspecified atom stereocenters. The third-order valence-corrected chi connectivity index (χ3v) is 2.31. The maximum Gasteiger partial charge on any atom is 0.243 e. The Bertz CT molecular complexity index is 291. The second-order valence-corrected chi connectivity index (χ2v) is 3.36. The van der Waals surface area contributed by atoms with Gasteiger partial charge < -0.3 is 9.73 Å². The first kappa shape index (κ1) is 9.21. The van der Waals surface area contributed by atoms with E-state index in [-0.39, 0.29) is 11.9 Å². The van der Waals surface area contributed by atoms with E-state index in [4.69, 9.17) is 4.42 Å². The smallest absolute Gasteiger partial charge is 0.243 e. The van der Waals surface area contributed by atoms with Crippen LogP contribution in [0.5, 0.6) is 0 Å². The van der Waals surface area contributed by atoms with Gasteiger partial charge >= 0.3 is 0 Å². The van der Waals surface area contributed by atoms with E-state index >= 15 is 0 Å². The molecular formula is C9H13N3O2. The minimum Gasteiger partial charge on any atom is -0.428 e. The summed E-state index contributed by atoms with van der Waals surface area (Å²) in [5.41, 5.74) is 0. The summed E-state index contributed by atoms with van der Waals surface area (Å²) in [6.45, 7) is 0.911. The van der Waals surface area contributed by atoms with Gasteiger partial charge in [0.05, 0.1) is 12.2 Å². The number of nitrogens with one attached hydrogen (secondary N) is 2. The summed E-state index contributed by atoms with van der Waals surface area (Å²) in [6, 6.07) is -0.0890. The molecule has 0 spiro atoms. The minimum absolute atomic E-state index is 0.0403. The first-order chi connectivity index (χ1) is 6.86. The molecule has 5 nitrogen and oxygen atoms in total. The molecule has 14 heavy (non-hydrogen) atoms. The van der Waals surface area contributed by atoms with E-state index in [1.165, 1.54) is 12.6 Å². The Labute approximate surface area is 81.9 Å². The summed E-state index contributed by atoms with van der Waals surface area (Å²) in [4.78, 5) is 15.3. The van der Waals surface area contributed by atoms with E-state index in [9.17, 15) is 4.79 Å². The molecule has 76 valence electrons. The van der Waals surface area contributed by atoms with E-state index in [2.05, 4.69) is 15.6 Å². The van der Waals surface area contributed by atoms with Crippen molar-refractivity contribution in [1.29, 1.82) is 0 Å². The van der Waals surface area contributed by atoms with Crippen molar-refractivity contribution in [2.45, 2.75) is 25.3 Å². The number of anilines is 1. The fraction of sp³-hybridized carbons (Fsp3) is 0.556. The lowest BCUT2D eigenvalue weighted by Crippen LogP contribution is -2.43. The number of hydrogen-bond donors (Lipinski definition) is 2. The van der Waals surface area contributed by atoms with Gasteiger partial charge in [0.15, 0.2) is 6.39 Å². The number of hydrogen-bond acceptors (Lipinski definition) is 4. The quantitative estimate of drug-likeness (QED) is 0.731. The molecule has 1 aromatic rings. The van der Waals surface area contributed by atoms with Crippen LogP contribution in [0.2, 0.25) is 0 Å². The van der Waals surface area contributed by atoms with E-state index < -0.39 is 0 Å². The predicted molar refractivity (Wildman–Crippen MR) is 50.8 cm³/mol. The fourth-order valence-electron chi connectivity index (χ4n) is 1.56. The fourth-order valence-corrected chi connectivity index (χ4v) is 1.56. The van der Waals surface area contributed by atoms with Crippen molar-refractivity contribution in [3.8, 4) is 0 Å². The van der Waals surface area contributed by atoms with Gasteiger partial charge in [0.2, 0.25) is 11.8 Å². The molecular weight excluding hydrogens is 182 g/mol. The van der Waals surface area contributed by atoms with Crippen LogP contribution in [0, 0.1) is 0 Å². The van der Waals surface area contributed by atoms with Gasteiger partial charge in [-0.2, -0.15) is 0 Å². The SMILES string of the molecule is O=C(Nc1cnco1)C1CCCCN1. The predicted octanol–water partition coefficient (Wildman–Crippen LogP) is 0.755. The summed E-state index contributed by atoms with van der Waals surface area (Å²) in [5.74, 6) is 0.365. The topological polar surface area (TPSA) is 67.2 Å². The van der Waals surface area contributed by atoms with Crippen LogP contribution in [0.15, 0.2) is 17.0 Å². The molecule has 1 atom stereocenters. The van der Waals surface area contributed by atoms with E-state index in [1.54, 1.807) is 0 Å². The average Bonchev–Trinajstić information content (AvgIpc) is 2.72. The lowest BCUT2D eigenvalue weighted by atomic mass is 10.0. The van der Waals surface area contributed by atoms with Crippen molar-refractivity contribution in [3.05, 3.63) is 12.6 Å². The third-order valence-electron chi connectivity index (χ3n) is 2.31. The highest BCUT2D eigenvalue weighted by Crippen LogP contribution is 2.10. The highest BCUT2D eigenvalue weighted by Gasteiger charge is 2.20. The monoisotopic (exact) mass is 195 g/mol. The summed E-state index contributed by atoms with van der Waals surface area (Å²) in [7, 11) is 0. The number of aromatic nitrogens is 1. The normalized spacial score (nSPS) is 21.9. The van der Waals surface area contributed by atoms with E-state index in [0.29, 0.717) is 5.88 Å². The van der Waals surface area contributed by atoms with Crippen LogP contribution < -0.4 is 10.6 Å². The molecule has 0 radical (unpaired) electrons. The van der Waals surface area contributed by atoms with Crippen LogP contribution in [0.4, 0.5) is 5.88 Å². The second-order valence-electron chi connectivity index (χ2n) is 3.36. The number of carbonyl (C=O) groups excluding carboxylic acids is 1. The van der Waals surface area contributed by atoms with Crippen LogP contribution in [-0.4, -0.2) is 23.5 Å². The molecule has 1 aliphatic heterocycles. The summed E-state index contributed by atoms with van der Waals surface area (Å²) < 4.78 is 4.92. The maximum absolute atomic E-state index is 11.6. The van der Waals surface area contributed by atoms with Gasteiger partial charge in [-0.3, -0.25) is 10.1 Å². The van der Waals surface area contributed by atoms with Crippen molar-refractivity contribution in [2.24, 2.45) is 0 Å². The highest BCUT2D eigenvalue weighted by atomic mass is 16.4. The van der Waals surface area contributed by atoms with E-state index in [0.717, 1.165) is 25.8 Å². The molecule has 2 rings (SSSR count). The molecule has 0 aromatic carbocycles. The molecule has 2 N–H and O–H groups in total. The van der Waals surface area contributed by atoms with Gasteiger partial charge in [-0.25, -0.2) is 4.98 Å². The number of amides is 1. The summed E-state index contributed by atoms with van der Waals surface area (Å²) in [5, 5.41) is 5.82. The standard InChI is InChI=1S/C9H13N3O2/c13-9(7-3-1-2-4-11-7)12-8-5-10-6-14-8/h5-7,11H,1-4H2,(H,12,13). The van der Waals surface area contributed by atoms with Gasteiger partial charge in [-0.1, -0.05) is 6.42 Å². The first-order valence-electron chi connectivity index (χ1n) is 4.79. The lowest BCUT2D eigenvalue weighted by molar-refractivity contribution is -0.118. The van der Waals surface area contributed by atoms with Crippen LogP contribution in [0.25, 0.3) is 0 Å². The van der Waals surface area contributed by atoms with Crippen LogP contribution in [0.3, 0.4) is 0 Å². The second kappa shape index (κ2) is 4.23. The van der Waals surface area contributed by atoms with E-state index in [1.807, 2.05) is 0 Å². The number of carbonyl (C=O) groups is 1. The number of oxazole rings is 1. The lowest BCUT2D eigenvalue weighted by Gasteiger charge is -2.21. The Morgan fingerprint density at radius 2 is 2.57 bits per heavy atom. The van der Waals surface area contributed by atoms with Gasteiger partial charge in [0.1, 0.15) is 0 Å². The Balaban J connectivity index is 1.88. The Hall–Kier alpha value is -1.36. The molecule has 1 amide bonds. The number of nitrogens with zero attached hydrogens (tertiary/aromatic N) is 1. The van der Waals surface area contributed by atoms with Gasteiger partial charge in [-0.15, -0.1) is 0 Å². The van der Waals surface area contributed by atoms with Crippen LogP contribution in [-0.2, 0) is 4.79 Å². The molecule has 1 fully saturated rings. The van der Waals surface area contributed by atoms with Gasteiger partial charge in [0.25, 0.3) is 0 Å². The van der Waals surface area contributed by atoms with Gasteiger partial charge in [-0.05, 0) is 19.4 Å². The molecule has 0 aliphatic carbocycles. The van der Waals surface area contributed by atoms with Crippen molar-refractivity contribution in [3.63, 3.8) is 0 Å². The zero-order chi connectivity index (χ0) is 9.80. The number of rotatable bonds is 2.